The third kappa shape index (κ3) is 4.49. The normalized spacial score (nSPS) is 16.3. The quantitative estimate of drug-likeness (QED) is 0.457. The molecule has 0 spiro atoms. The van der Waals surface area contributed by atoms with Crippen LogP contribution < -0.4 is 5.32 Å². The molecule has 0 heterocycles. The molecule has 0 aliphatic heterocycles. The highest BCUT2D eigenvalue weighted by Gasteiger charge is 2.01. The Morgan fingerprint density at radius 1 is 1.70 bits per heavy atom. The molecule has 2 unspecified atom stereocenters. The van der Waals surface area contributed by atoms with Crippen molar-refractivity contribution in [3.63, 3.8) is 0 Å². The number of aliphatic hydroxyl groups excluding tert-OH is 2. The van der Waals surface area contributed by atoms with E-state index < -0.39 is 6.10 Å². The summed E-state index contributed by atoms with van der Waals surface area (Å²) in [6.07, 6.45) is 1.08. The average molecular weight is 145 g/mol. The van der Waals surface area contributed by atoms with Crippen LogP contribution in [0.25, 0.3) is 0 Å². The molecule has 3 N–H and O–H groups in total. The predicted octanol–water partition coefficient (Wildman–Crippen LogP) is -0.496. The zero-order valence-electron chi connectivity index (χ0n) is 6.25. The molecule has 0 aromatic rings. The maximum absolute atomic E-state index is 8.86. The van der Waals surface area contributed by atoms with Crippen LogP contribution >= 0.6 is 0 Å². The predicted molar refractivity (Wildman–Crippen MR) is 40.8 cm³/mol. The van der Waals surface area contributed by atoms with Gasteiger partial charge in [0.05, 0.1) is 12.7 Å². The van der Waals surface area contributed by atoms with E-state index in [9.17, 15) is 0 Å². The first-order chi connectivity index (χ1) is 4.70. The molecule has 3 heteroatoms. The van der Waals surface area contributed by atoms with Gasteiger partial charge in [0.2, 0.25) is 0 Å². The topological polar surface area (TPSA) is 52.5 Å². The van der Waals surface area contributed by atoms with Crippen molar-refractivity contribution in [2.75, 3.05) is 13.2 Å². The molecule has 0 amide bonds. The van der Waals surface area contributed by atoms with E-state index >= 15 is 0 Å². The van der Waals surface area contributed by atoms with Gasteiger partial charge in [-0.15, -0.1) is 6.58 Å². The molecule has 2 atom stereocenters. The Balaban J connectivity index is 3.25. The molecule has 0 fully saturated rings. The lowest BCUT2D eigenvalue weighted by molar-refractivity contribution is 0.0935. The molecule has 0 aliphatic carbocycles. The summed E-state index contributed by atoms with van der Waals surface area (Å²) in [5.74, 6) is 0. The van der Waals surface area contributed by atoms with Crippen LogP contribution in [0.4, 0.5) is 0 Å². The molecule has 0 saturated heterocycles. The third-order valence-corrected chi connectivity index (χ3v) is 1.24. The van der Waals surface area contributed by atoms with Gasteiger partial charge in [-0.2, -0.15) is 0 Å². The second-order valence-corrected chi connectivity index (χ2v) is 2.27. The number of aliphatic hydroxyl groups is 2. The number of nitrogens with one attached hydrogen (secondary N) is 1. The van der Waals surface area contributed by atoms with Crippen LogP contribution in [0.2, 0.25) is 0 Å². The van der Waals surface area contributed by atoms with E-state index in [1.807, 2.05) is 6.92 Å². The van der Waals surface area contributed by atoms with Crippen LogP contribution in [0.5, 0.6) is 0 Å². The molecule has 0 aromatic carbocycles. The van der Waals surface area contributed by atoms with E-state index in [1.54, 1.807) is 6.08 Å². The minimum absolute atomic E-state index is 0.182. The Morgan fingerprint density at radius 3 is 2.70 bits per heavy atom. The van der Waals surface area contributed by atoms with Gasteiger partial charge in [-0.1, -0.05) is 6.08 Å². The van der Waals surface area contributed by atoms with Crippen LogP contribution in [0.3, 0.4) is 0 Å². The largest absolute Gasteiger partial charge is 0.394 e. The second-order valence-electron chi connectivity index (χ2n) is 2.27. The van der Waals surface area contributed by atoms with E-state index in [0.717, 1.165) is 0 Å². The van der Waals surface area contributed by atoms with Crippen LogP contribution in [0.15, 0.2) is 12.7 Å². The molecular weight excluding hydrogens is 130 g/mol. The smallest absolute Gasteiger partial charge is 0.0895 e. The van der Waals surface area contributed by atoms with Crippen LogP contribution in [-0.2, 0) is 0 Å². The first-order valence-corrected chi connectivity index (χ1v) is 3.35. The van der Waals surface area contributed by atoms with Crippen molar-refractivity contribution in [2.45, 2.75) is 19.1 Å². The Labute approximate surface area is 61.4 Å². The van der Waals surface area contributed by atoms with Crippen LogP contribution in [0.1, 0.15) is 6.92 Å². The zero-order valence-corrected chi connectivity index (χ0v) is 6.25. The summed E-state index contributed by atoms with van der Waals surface area (Å²) >= 11 is 0. The highest BCUT2D eigenvalue weighted by molar-refractivity contribution is 4.81. The van der Waals surface area contributed by atoms with Gasteiger partial charge in [0.1, 0.15) is 0 Å². The molecule has 0 radical (unpaired) electrons. The van der Waals surface area contributed by atoms with Gasteiger partial charge >= 0.3 is 0 Å². The van der Waals surface area contributed by atoms with Gasteiger partial charge in [-0.25, -0.2) is 0 Å². The van der Waals surface area contributed by atoms with Crippen molar-refractivity contribution in [2.24, 2.45) is 0 Å². The van der Waals surface area contributed by atoms with E-state index in [2.05, 4.69) is 11.9 Å². The lowest BCUT2D eigenvalue weighted by Gasteiger charge is -2.11. The summed E-state index contributed by atoms with van der Waals surface area (Å²) < 4.78 is 0. The fourth-order valence-electron chi connectivity index (χ4n) is 0.470. The standard InChI is InChI=1S/C7H15NO2/c1-3-6(2)8-4-7(10)5-9/h3,6-10H,1,4-5H2,2H3. The van der Waals surface area contributed by atoms with E-state index in [0.29, 0.717) is 6.54 Å². The molecule has 60 valence electrons. The van der Waals surface area contributed by atoms with Crippen molar-refractivity contribution in [3.05, 3.63) is 12.7 Å². The van der Waals surface area contributed by atoms with Crippen LogP contribution in [-0.4, -0.2) is 35.5 Å². The van der Waals surface area contributed by atoms with Gasteiger partial charge in [0.15, 0.2) is 0 Å². The van der Waals surface area contributed by atoms with Crippen molar-refractivity contribution in [1.29, 1.82) is 0 Å². The van der Waals surface area contributed by atoms with Gasteiger partial charge < -0.3 is 15.5 Å². The lowest BCUT2D eigenvalue weighted by Crippen LogP contribution is -2.34. The second kappa shape index (κ2) is 5.41. The van der Waals surface area contributed by atoms with Gasteiger partial charge in [-0.3, -0.25) is 0 Å². The van der Waals surface area contributed by atoms with Gasteiger partial charge in [0.25, 0.3) is 0 Å². The van der Waals surface area contributed by atoms with Gasteiger partial charge in [0, 0.05) is 12.6 Å². The van der Waals surface area contributed by atoms with Gasteiger partial charge in [-0.05, 0) is 6.92 Å². The Morgan fingerprint density at radius 2 is 2.30 bits per heavy atom. The molecule has 3 nitrogen and oxygen atoms in total. The molecule has 0 bridgehead atoms. The number of hydrogen-bond acceptors (Lipinski definition) is 3. The number of hydrogen-bond donors (Lipinski definition) is 3. The summed E-state index contributed by atoms with van der Waals surface area (Å²) in [6, 6.07) is 0.182. The minimum atomic E-state index is -0.664. The molecule has 10 heavy (non-hydrogen) atoms. The molecule has 0 aliphatic rings. The first-order valence-electron chi connectivity index (χ1n) is 3.35. The van der Waals surface area contributed by atoms with E-state index in [4.69, 9.17) is 10.2 Å². The highest BCUT2D eigenvalue weighted by Crippen LogP contribution is 1.83. The van der Waals surface area contributed by atoms with E-state index in [1.165, 1.54) is 0 Å². The lowest BCUT2D eigenvalue weighted by atomic mass is 10.3. The Hall–Kier alpha value is -0.380. The highest BCUT2D eigenvalue weighted by atomic mass is 16.3. The van der Waals surface area contributed by atoms with Crippen LogP contribution in [0, 0.1) is 0 Å². The summed E-state index contributed by atoms with van der Waals surface area (Å²) in [7, 11) is 0. The summed E-state index contributed by atoms with van der Waals surface area (Å²) in [4.78, 5) is 0. The Kier molecular flexibility index (Phi) is 5.20. The monoisotopic (exact) mass is 145 g/mol. The summed E-state index contributed by atoms with van der Waals surface area (Å²) in [5.41, 5.74) is 0. The molecule has 0 saturated carbocycles. The first kappa shape index (κ1) is 9.62. The van der Waals surface area contributed by atoms with Crippen molar-refractivity contribution >= 4 is 0 Å². The van der Waals surface area contributed by atoms with E-state index in [-0.39, 0.29) is 12.6 Å². The Bertz CT molecular complexity index is 95.6. The fraction of sp³-hybridized carbons (Fsp3) is 0.714. The third-order valence-electron chi connectivity index (χ3n) is 1.24. The fourth-order valence-corrected chi connectivity index (χ4v) is 0.470. The average Bonchev–Trinajstić information content (AvgIpc) is 1.99. The minimum Gasteiger partial charge on any atom is -0.394 e. The maximum atomic E-state index is 8.86. The SMILES string of the molecule is C=CC(C)NCC(O)CO. The van der Waals surface area contributed by atoms with Crippen molar-refractivity contribution in [3.8, 4) is 0 Å². The summed E-state index contributed by atoms with van der Waals surface area (Å²) in [6.45, 7) is 5.69. The molecule has 0 rings (SSSR count). The van der Waals surface area contributed by atoms with Crippen molar-refractivity contribution in [1.82, 2.24) is 5.32 Å². The molecule has 0 aromatic heterocycles. The molecular formula is C7H15NO2. The summed E-state index contributed by atoms with van der Waals surface area (Å²) in [5, 5.41) is 20.2. The van der Waals surface area contributed by atoms with Crippen molar-refractivity contribution < 1.29 is 10.2 Å². The zero-order chi connectivity index (χ0) is 7.98. The maximum Gasteiger partial charge on any atom is 0.0895 e. The number of rotatable bonds is 5.